The van der Waals surface area contributed by atoms with Crippen molar-refractivity contribution in [1.82, 2.24) is 19.6 Å². The summed E-state index contributed by atoms with van der Waals surface area (Å²) in [5.41, 5.74) is 1.70. The SMILES string of the molecule is CN(C)C(=O)Cn1cc(NC(=O)N(Cc2ccccc2)C2CC2)cn1. The van der Waals surface area contributed by atoms with Gasteiger partial charge in [0.05, 0.1) is 11.9 Å². The maximum atomic E-state index is 12.6. The fourth-order valence-electron chi connectivity index (χ4n) is 2.52. The summed E-state index contributed by atoms with van der Waals surface area (Å²) in [4.78, 5) is 27.7. The molecule has 0 spiro atoms. The third-order valence-electron chi connectivity index (χ3n) is 4.12. The van der Waals surface area contributed by atoms with Gasteiger partial charge >= 0.3 is 6.03 Å². The number of carbonyl (C=O) groups excluding carboxylic acids is 2. The van der Waals surface area contributed by atoms with Crippen LogP contribution in [0.15, 0.2) is 42.7 Å². The van der Waals surface area contributed by atoms with Gasteiger partial charge in [0.15, 0.2) is 0 Å². The number of carbonyl (C=O) groups is 2. The van der Waals surface area contributed by atoms with Crippen LogP contribution in [0, 0.1) is 0 Å². The molecule has 0 atom stereocenters. The Hall–Kier alpha value is -2.83. The number of rotatable bonds is 6. The molecule has 1 N–H and O–H groups in total. The van der Waals surface area contributed by atoms with E-state index in [1.165, 1.54) is 9.58 Å². The van der Waals surface area contributed by atoms with E-state index in [4.69, 9.17) is 0 Å². The highest BCUT2D eigenvalue weighted by Crippen LogP contribution is 2.29. The molecular weight excluding hydrogens is 318 g/mol. The number of hydrogen-bond acceptors (Lipinski definition) is 3. The molecule has 2 aromatic rings. The zero-order chi connectivity index (χ0) is 17.8. The normalized spacial score (nSPS) is 13.4. The van der Waals surface area contributed by atoms with Crippen molar-refractivity contribution in [2.45, 2.75) is 32.0 Å². The van der Waals surface area contributed by atoms with Gasteiger partial charge in [0, 0.05) is 32.9 Å². The number of nitrogens with one attached hydrogen (secondary N) is 1. The molecule has 132 valence electrons. The highest BCUT2D eigenvalue weighted by atomic mass is 16.2. The Balaban J connectivity index is 1.62. The number of amides is 3. The van der Waals surface area contributed by atoms with Crippen molar-refractivity contribution in [3.8, 4) is 0 Å². The molecule has 1 aromatic carbocycles. The average Bonchev–Trinajstić information content (AvgIpc) is 3.34. The summed E-state index contributed by atoms with van der Waals surface area (Å²) in [5, 5.41) is 7.02. The van der Waals surface area contributed by atoms with E-state index >= 15 is 0 Å². The van der Waals surface area contributed by atoms with E-state index in [1.54, 1.807) is 26.5 Å². The number of likely N-dealkylation sites (N-methyl/N-ethyl adjacent to an activating group) is 1. The second kappa shape index (κ2) is 7.38. The first-order chi connectivity index (χ1) is 12.0. The van der Waals surface area contributed by atoms with Crippen LogP contribution in [0.25, 0.3) is 0 Å². The van der Waals surface area contributed by atoms with E-state index in [9.17, 15) is 9.59 Å². The molecule has 1 saturated carbocycles. The van der Waals surface area contributed by atoms with Crippen LogP contribution in [0.4, 0.5) is 10.5 Å². The van der Waals surface area contributed by atoms with Crippen LogP contribution in [-0.2, 0) is 17.9 Å². The summed E-state index contributed by atoms with van der Waals surface area (Å²) < 4.78 is 1.52. The summed E-state index contributed by atoms with van der Waals surface area (Å²) in [6, 6.07) is 10.1. The van der Waals surface area contributed by atoms with Crippen molar-refractivity contribution in [2.24, 2.45) is 0 Å². The van der Waals surface area contributed by atoms with Crippen molar-refractivity contribution < 1.29 is 9.59 Å². The smallest absolute Gasteiger partial charge is 0.322 e. The standard InChI is InChI=1S/C18H23N5O2/c1-21(2)17(24)13-22-12-15(10-19-22)20-18(25)23(16-8-9-16)11-14-6-4-3-5-7-14/h3-7,10,12,16H,8-9,11,13H2,1-2H3,(H,20,25). The minimum atomic E-state index is -0.134. The summed E-state index contributed by atoms with van der Waals surface area (Å²) in [7, 11) is 3.40. The Morgan fingerprint density at radius 2 is 1.96 bits per heavy atom. The molecule has 1 aliphatic carbocycles. The van der Waals surface area contributed by atoms with Crippen LogP contribution >= 0.6 is 0 Å². The van der Waals surface area contributed by atoms with E-state index in [2.05, 4.69) is 10.4 Å². The molecule has 1 aliphatic rings. The lowest BCUT2D eigenvalue weighted by Crippen LogP contribution is -2.36. The first-order valence-electron chi connectivity index (χ1n) is 8.37. The molecule has 25 heavy (non-hydrogen) atoms. The van der Waals surface area contributed by atoms with Crippen LogP contribution in [-0.4, -0.2) is 51.7 Å². The van der Waals surface area contributed by atoms with Gasteiger partial charge in [-0.1, -0.05) is 30.3 Å². The van der Waals surface area contributed by atoms with Crippen LogP contribution in [0.3, 0.4) is 0 Å². The van der Waals surface area contributed by atoms with Crippen molar-refractivity contribution >= 4 is 17.6 Å². The summed E-state index contributed by atoms with van der Waals surface area (Å²) >= 11 is 0. The molecular formula is C18H23N5O2. The topological polar surface area (TPSA) is 70.5 Å². The number of nitrogens with zero attached hydrogens (tertiary/aromatic N) is 4. The number of anilines is 1. The third kappa shape index (κ3) is 4.59. The highest BCUT2D eigenvalue weighted by molar-refractivity contribution is 5.89. The second-order valence-corrected chi connectivity index (χ2v) is 6.49. The first kappa shape index (κ1) is 17.0. The van der Waals surface area contributed by atoms with Gasteiger partial charge in [-0.25, -0.2) is 4.79 Å². The molecule has 0 unspecified atom stereocenters. The lowest BCUT2D eigenvalue weighted by molar-refractivity contribution is -0.129. The van der Waals surface area contributed by atoms with Gasteiger partial charge < -0.3 is 15.1 Å². The van der Waals surface area contributed by atoms with Gasteiger partial charge in [-0.3, -0.25) is 9.48 Å². The Morgan fingerprint density at radius 3 is 2.60 bits per heavy atom. The van der Waals surface area contributed by atoms with Crippen LogP contribution in [0.1, 0.15) is 18.4 Å². The number of urea groups is 1. The lowest BCUT2D eigenvalue weighted by Gasteiger charge is -2.22. The highest BCUT2D eigenvalue weighted by Gasteiger charge is 2.32. The van der Waals surface area contributed by atoms with Crippen molar-refractivity contribution in [2.75, 3.05) is 19.4 Å². The Kier molecular flexibility index (Phi) is 5.02. The maximum absolute atomic E-state index is 12.6. The van der Waals surface area contributed by atoms with Crippen molar-refractivity contribution in [1.29, 1.82) is 0 Å². The van der Waals surface area contributed by atoms with Gasteiger partial charge in [-0.2, -0.15) is 5.10 Å². The summed E-state index contributed by atoms with van der Waals surface area (Å²) in [6.45, 7) is 0.740. The quantitative estimate of drug-likeness (QED) is 0.875. The van der Waals surface area contributed by atoms with E-state index in [-0.39, 0.29) is 18.5 Å². The number of hydrogen-bond donors (Lipinski definition) is 1. The van der Waals surface area contributed by atoms with Crippen LogP contribution < -0.4 is 5.32 Å². The van der Waals surface area contributed by atoms with Gasteiger partial charge in [0.1, 0.15) is 6.54 Å². The summed E-state index contributed by atoms with van der Waals surface area (Å²) in [6.07, 6.45) is 5.31. The minimum Gasteiger partial charge on any atom is -0.347 e. The Bertz CT molecular complexity index is 737. The molecule has 0 saturated heterocycles. The molecule has 1 fully saturated rings. The van der Waals surface area contributed by atoms with E-state index in [0.717, 1.165) is 18.4 Å². The molecule has 7 nitrogen and oxygen atoms in total. The predicted molar refractivity (Wildman–Crippen MR) is 94.9 cm³/mol. The van der Waals surface area contributed by atoms with Gasteiger partial charge in [-0.05, 0) is 18.4 Å². The molecule has 7 heteroatoms. The van der Waals surface area contributed by atoms with Crippen molar-refractivity contribution in [3.63, 3.8) is 0 Å². The Labute approximate surface area is 147 Å². The third-order valence-corrected chi connectivity index (χ3v) is 4.12. The fraction of sp³-hybridized carbons (Fsp3) is 0.389. The second-order valence-electron chi connectivity index (χ2n) is 6.49. The zero-order valence-corrected chi connectivity index (χ0v) is 14.6. The molecule has 1 heterocycles. The zero-order valence-electron chi connectivity index (χ0n) is 14.6. The molecule has 1 aromatic heterocycles. The molecule has 0 radical (unpaired) electrons. The van der Waals surface area contributed by atoms with E-state index < -0.39 is 0 Å². The molecule has 3 amide bonds. The average molecular weight is 341 g/mol. The fourth-order valence-corrected chi connectivity index (χ4v) is 2.52. The molecule has 3 rings (SSSR count). The largest absolute Gasteiger partial charge is 0.347 e. The van der Waals surface area contributed by atoms with Gasteiger partial charge in [0.2, 0.25) is 5.91 Å². The van der Waals surface area contributed by atoms with Gasteiger partial charge in [-0.15, -0.1) is 0 Å². The number of benzene rings is 1. The first-order valence-corrected chi connectivity index (χ1v) is 8.37. The van der Waals surface area contributed by atoms with Crippen LogP contribution in [0.2, 0.25) is 0 Å². The summed E-state index contributed by atoms with van der Waals surface area (Å²) in [5.74, 6) is -0.0512. The predicted octanol–water partition coefficient (Wildman–Crippen LogP) is 2.17. The lowest BCUT2D eigenvalue weighted by atomic mass is 10.2. The monoisotopic (exact) mass is 341 g/mol. The Morgan fingerprint density at radius 1 is 1.24 bits per heavy atom. The molecule has 0 bridgehead atoms. The minimum absolute atomic E-state index is 0.0512. The van der Waals surface area contributed by atoms with E-state index in [1.807, 2.05) is 35.2 Å². The molecule has 0 aliphatic heterocycles. The van der Waals surface area contributed by atoms with Crippen LogP contribution in [0.5, 0.6) is 0 Å². The maximum Gasteiger partial charge on any atom is 0.322 e. The van der Waals surface area contributed by atoms with E-state index in [0.29, 0.717) is 18.3 Å². The number of aromatic nitrogens is 2. The van der Waals surface area contributed by atoms with Gasteiger partial charge in [0.25, 0.3) is 0 Å². The van der Waals surface area contributed by atoms with Crippen molar-refractivity contribution in [3.05, 3.63) is 48.3 Å².